The fourth-order valence-electron chi connectivity index (χ4n) is 2.67. The van der Waals surface area contributed by atoms with E-state index in [-0.39, 0.29) is 5.91 Å². The molecular formula is C11H20N2O. The number of hydrogen-bond donors (Lipinski definition) is 1. The summed E-state index contributed by atoms with van der Waals surface area (Å²) in [6.07, 6.45) is 3.93. The van der Waals surface area contributed by atoms with Crippen molar-refractivity contribution in [1.82, 2.24) is 10.2 Å². The van der Waals surface area contributed by atoms with Crippen molar-refractivity contribution in [2.45, 2.75) is 33.1 Å². The maximum Gasteiger partial charge on any atom is 0.237 e. The molecule has 1 heterocycles. The molecule has 0 bridgehead atoms. The maximum atomic E-state index is 11.4. The number of rotatable bonds is 2. The second-order valence-electron chi connectivity index (χ2n) is 5.28. The zero-order valence-corrected chi connectivity index (χ0v) is 9.18. The molecule has 3 nitrogen and oxygen atoms in total. The molecule has 2 aliphatic rings. The minimum atomic E-state index is 0.271. The van der Waals surface area contributed by atoms with Crippen molar-refractivity contribution in [2.24, 2.45) is 11.3 Å². The van der Waals surface area contributed by atoms with Gasteiger partial charge in [0.1, 0.15) is 0 Å². The highest BCUT2D eigenvalue weighted by molar-refractivity contribution is 5.79. The molecule has 1 saturated carbocycles. The predicted octanol–water partition coefficient (Wildman–Crippen LogP) is 1.20. The molecule has 1 saturated heterocycles. The van der Waals surface area contributed by atoms with Crippen LogP contribution in [0.4, 0.5) is 0 Å². The van der Waals surface area contributed by atoms with Gasteiger partial charge in [-0.15, -0.1) is 0 Å². The number of carbonyl (C=O) groups excluding carboxylic acids is 1. The second-order valence-corrected chi connectivity index (χ2v) is 5.28. The first kappa shape index (κ1) is 9.97. The number of nitrogens with one attached hydrogen (secondary N) is 1. The Morgan fingerprint density at radius 1 is 1.57 bits per heavy atom. The summed E-state index contributed by atoms with van der Waals surface area (Å²) in [6.45, 7) is 6.91. The lowest BCUT2D eigenvalue weighted by Crippen LogP contribution is -2.35. The second kappa shape index (κ2) is 3.54. The van der Waals surface area contributed by atoms with E-state index in [0.717, 1.165) is 13.2 Å². The SMILES string of the molecule is CC1(C)CCCC1CN1CNCC1=O. The Balaban J connectivity index is 1.93. The van der Waals surface area contributed by atoms with Gasteiger partial charge in [-0.1, -0.05) is 20.3 Å². The summed E-state index contributed by atoms with van der Waals surface area (Å²) in [7, 11) is 0. The number of nitrogens with zero attached hydrogens (tertiary/aromatic N) is 1. The quantitative estimate of drug-likeness (QED) is 0.720. The predicted molar refractivity (Wildman–Crippen MR) is 55.7 cm³/mol. The van der Waals surface area contributed by atoms with E-state index in [1.54, 1.807) is 0 Å². The van der Waals surface area contributed by atoms with Crippen LogP contribution in [0.2, 0.25) is 0 Å². The zero-order valence-electron chi connectivity index (χ0n) is 9.18. The Hall–Kier alpha value is -0.570. The Morgan fingerprint density at radius 2 is 2.36 bits per heavy atom. The number of hydrogen-bond acceptors (Lipinski definition) is 2. The van der Waals surface area contributed by atoms with Gasteiger partial charge in [-0.25, -0.2) is 0 Å². The molecule has 80 valence electrons. The van der Waals surface area contributed by atoms with Crippen LogP contribution in [0.3, 0.4) is 0 Å². The zero-order chi connectivity index (χ0) is 10.2. The third-order valence-corrected chi connectivity index (χ3v) is 3.85. The van der Waals surface area contributed by atoms with E-state index in [1.165, 1.54) is 19.3 Å². The van der Waals surface area contributed by atoms with Crippen LogP contribution >= 0.6 is 0 Å². The van der Waals surface area contributed by atoms with Gasteiger partial charge in [0.05, 0.1) is 13.2 Å². The lowest BCUT2D eigenvalue weighted by molar-refractivity contribution is -0.127. The first-order valence-electron chi connectivity index (χ1n) is 5.58. The van der Waals surface area contributed by atoms with Crippen LogP contribution in [0, 0.1) is 11.3 Å². The highest BCUT2D eigenvalue weighted by atomic mass is 16.2. The van der Waals surface area contributed by atoms with Crippen LogP contribution < -0.4 is 5.32 Å². The third-order valence-electron chi connectivity index (χ3n) is 3.85. The normalized spacial score (nSPS) is 31.4. The number of carbonyl (C=O) groups is 1. The van der Waals surface area contributed by atoms with Crippen LogP contribution in [0.25, 0.3) is 0 Å². The Labute approximate surface area is 85.8 Å². The van der Waals surface area contributed by atoms with E-state index >= 15 is 0 Å². The van der Waals surface area contributed by atoms with E-state index in [9.17, 15) is 4.79 Å². The molecule has 2 rings (SSSR count). The first-order valence-corrected chi connectivity index (χ1v) is 5.58. The molecular weight excluding hydrogens is 176 g/mol. The van der Waals surface area contributed by atoms with Gasteiger partial charge in [0, 0.05) is 6.54 Å². The van der Waals surface area contributed by atoms with Crippen molar-refractivity contribution in [2.75, 3.05) is 19.8 Å². The summed E-state index contributed by atoms with van der Waals surface area (Å²) in [5.74, 6) is 0.971. The molecule has 1 aliphatic heterocycles. The van der Waals surface area contributed by atoms with Crippen molar-refractivity contribution >= 4 is 5.91 Å². The minimum Gasteiger partial charge on any atom is -0.329 e. The summed E-state index contributed by atoms with van der Waals surface area (Å²) in [5.41, 5.74) is 0.433. The van der Waals surface area contributed by atoms with Crippen molar-refractivity contribution in [1.29, 1.82) is 0 Å². The minimum absolute atomic E-state index is 0.271. The molecule has 0 aromatic carbocycles. The molecule has 3 heteroatoms. The smallest absolute Gasteiger partial charge is 0.237 e. The van der Waals surface area contributed by atoms with Gasteiger partial charge < -0.3 is 4.90 Å². The highest BCUT2D eigenvalue weighted by Gasteiger charge is 2.36. The van der Waals surface area contributed by atoms with Gasteiger partial charge in [0.2, 0.25) is 5.91 Å². The number of amides is 1. The van der Waals surface area contributed by atoms with E-state index in [1.807, 2.05) is 4.90 Å². The molecule has 1 N–H and O–H groups in total. The van der Waals surface area contributed by atoms with Crippen molar-refractivity contribution in [3.05, 3.63) is 0 Å². The van der Waals surface area contributed by atoms with E-state index in [2.05, 4.69) is 19.2 Å². The van der Waals surface area contributed by atoms with Gasteiger partial charge in [0.25, 0.3) is 0 Å². The largest absolute Gasteiger partial charge is 0.329 e. The fraction of sp³-hybridized carbons (Fsp3) is 0.909. The van der Waals surface area contributed by atoms with E-state index in [0.29, 0.717) is 17.9 Å². The van der Waals surface area contributed by atoms with Crippen LogP contribution in [-0.2, 0) is 4.79 Å². The third kappa shape index (κ3) is 1.78. The van der Waals surface area contributed by atoms with E-state index in [4.69, 9.17) is 0 Å². The molecule has 2 fully saturated rings. The monoisotopic (exact) mass is 196 g/mol. The molecule has 0 aromatic rings. The van der Waals surface area contributed by atoms with Crippen LogP contribution in [0.5, 0.6) is 0 Å². The Bertz CT molecular complexity index is 237. The van der Waals surface area contributed by atoms with E-state index < -0.39 is 0 Å². The van der Waals surface area contributed by atoms with Crippen LogP contribution in [0.15, 0.2) is 0 Å². The average Bonchev–Trinajstić information content (AvgIpc) is 2.62. The summed E-state index contributed by atoms with van der Waals surface area (Å²) in [6, 6.07) is 0. The Kier molecular flexibility index (Phi) is 2.52. The molecule has 1 unspecified atom stereocenters. The average molecular weight is 196 g/mol. The van der Waals surface area contributed by atoms with Crippen LogP contribution in [0.1, 0.15) is 33.1 Å². The van der Waals surface area contributed by atoms with Gasteiger partial charge in [-0.3, -0.25) is 10.1 Å². The summed E-state index contributed by atoms with van der Waals surface area (Å²) >= 11 is 0. The lowest BCUT2D eigenvalue weighted by Gasteiger charge is -2.30. The summed E-state index contributed by atoms with van der Waals surface area (Å²) in [4.78, 5) is 13.4. The topological polar surface area (TPSA) is 32.3 Å². The fourth-order valence-corrected chi connectivity index (χ4v) is 2.67. The molecule has 14 heavy (non-hydrogen) atoms. The van der Waals surface area contributed by atoms with Crippen molar-refractivity contribution in [3.63, 3.8) is 0 Å². The molecule has 0 aromatic heterocycles. The summed E-state index contributed by atoms with van der Waals surface area (Å²) in [5, 5.41) is 3.10. The first-order chi connectivity index (χ1) is 6.59. The lowest BCUT2D eigenvalue weighted by atomic mass is 9.81. The van der Waals surface area contributed by atoms with Gasteiger partial charge in [0.15, 0.2) is 0 Å². The van der Waals surface area contributed by atoms with Crippen molar-refractivity contribution < 1.29 is 4.79 Å². The maximum absolute atomic E-state index is 11.4. The molecule has 1 amide bonds. The van der Waals surface area contributed by atoms with Crippen molar-refractivity contribution in [3.8, 4) is 0 Å². The Morgan fingerprint density at radius 3 is 2.86 bits per heavy atom. The van der Waals surface area contributed by atoms with Crippen LogP contribution in [-0.4, -0.2) is 30.6 Å². The molecule has 1 atom stereocenters. The summed E-state index contributed by atoms with van der Waals surface area (Å²) < 4.78 is 0. The van der Waals surface area contributed by atoms with Gasteiger partial charge in [-0.2, -0.15) is 0 Å². The molecule has 1 aliphatic carbocycles. The van der Waals surface area contributed by atoms with Gasteiger partial charge >= 0.3 is 0 Å². The van der Waals surface area contributed by atoms with Gasteiger partial charge in [-0.05, 0) is 24.2 Å². The molecule has 0 spiro atoms. The molecule has 0 radical (unpaired) electrons. The standard InChI is InChI=1S/C11H20N2O/c1-11(2)5-3-4-9(11)7-13-8-12-6-10(13)14/h9,12H,3-8H2,1-2H3. The highest BCUT2D eigenvalue weighted by Crippen LogP contribution is 2.42.